The molecule has 2 rings (SSSR count). The first-order chi connectivity index (χ1) is 10.6. The maximum atomic E-state index is 12.7. The summed E-state index contributed by atoms with van der Waals surface area (Å²) in [5.41, 5.74) is -1.39. The van der Waals surface area contributed by atoms with Crippen LogP contribution in [0.15, 0.2) is 24.3 Å². The van der Waals surface area contributed by atoms with E-state index >= 15 is 0 Å². The fourth-order valence-corrected chi connectivity index (χ4v) is 2.30. The third-order valence-corrected chi connectivity index (χ3v) is 3.84. The highest BCUT2D eigenvalue weighted by Crippen LogP contribution is 2.39. The van der Waals surface area contributed by atoms with Gasteiger partial charge in [-0.25, -0.2) is 4.98 Å². The molecular weight excluding hydrogens is 387 g/mol. The fraction of sp³-hybridized carbons (Fsp3) is 0.154. The highest BCUT2D eigenvalue weighted by molar-refractivity contribution is 6.48. The van der Waals surface area contributed by atoms with Gasteiger partial charge in [0.25, 0.3) is 0 Å². The lowest BCUT2D eigenvalue weighted by molar-refractivity contribution is -0.142. The lowest BCUT2D eigenvalue weighted by Crippen LogP contribution is -2.11. The molecule has 10 heteroatoms. The Balaban J connectivity index is 2.61. The maximum absolute atomic E-state index is 12.7. The molecule has 2 nitrogen and oxygen atoms in total. The van der Waals surface area contributed by atoms with Gasteiger partial charge in [0.2, 0.25) is 5.88 Å². The van der Waals surface area contributed by atoms with Crippen molar-refractivity contribution in [3.05, 3.63) is 45.0 Å². The highest BCUT2D eigenvalue weighted by atomic mass is 35.5. The Kier molecular flexibility index (Phi) is 5.23. The molecule has 0 aliphatic carbocycles. The quantitative estimate of drug-likeness (QED) is 0.450. The number of rotatable bonds is 3. The molecule has 0 bridgehead atoms. The molecule has 0 atom stereocenters. The van der Waals surface area contributed by atoms with Crippen molar-refractivity contribution in [3.63, 3.8) is 0 Å². The van der Waals surface area contributed by atoms with Crippen molar-refractivity contribution in [3.8, 4) is 17.0 Å². The summed E-state index contributed by atoms with van der Waals surface area (Å²) in [6, 6.07) is 4.06. The zero-order chi connectivity index (χ0) is 17.4. The molecule has 0 amide bonds. The van der Waals surface area contributed by atoms with E-state index in [9.17, 15) is 22.0 Å². The zero-order valence-corrected chi connectivity index (χ0v) is 13.0. The topological polar surface area (TPSA) is 22.1 Å². The van der Waals surface area contributed by atoms with E-state index in [0.717, 1.165) is 6.07 Å². The second-order valence-electron chi connectivity index (χ2n) is 4.18. The standard InChI is InChI=1S/C13H5Cl3F5NO/c14-7-3-5(4-8(15)10(7)16)6-1-2-9(13(19,20)21)22-11(6)23-12(17)18/h1-4,12H. The molecule has 0 N–H and O–H groups in total. The summed E-state index contributed by atoms with van der Waals surface area (Å²) in [5, 5.41) is 0.0161. The largest absolute Gasteiger partial charge is 0.433 e. The predicted molar refractivity (Wildman–Crippen MR) is 76.3 cm³/mol. The van der Waals surface area contributed by atoms with Gasteiger partial charge in [0, 0.05) is 5.56 Å². The normalized spacial score (nSPS) is 11.9. The van der Waals surface area contributed by atoms with Crippen LogP contribution < -0.4 is 4.74 Å². The number of benzene rings is 1. The minimum absolute atomic E-state index is 0.00272. The first kappa shape index (κ1) is 18.0. The van der Waals surface area contributed by atoms with Crippen LogP contribution >= 0.6 is 34.8 Å². The number of halogens is 8. The van der Waals surface area contributed by atoms with Crippen LogP contribution in [-0.4, -0.2) is 11.6 Å². The van der Waals surface area contributed by atoms with Gasteiger partial charge < -0.3 is 4.74 Å². The molecule has 1 aromatic carbocycles. The van der Waals surface area contributed by atoms with E-state index < -0.39 is 24.4 Å². The summed E-state index contributed by atoms with van der Waals surface area (Å²) >= 11 is 17.4. The lowest BCUT2D eigenvalue weighted by atomic mass is 10.1. The molecule has 0 unspecified atom stereocenters. The maximum Gasteiger partial charge on any atom is 0.433 e. The summed E-state index contributed by atoms with van der Waals surface area (Å²) in [5.74, 6) is -0.899. The molecule has 1 aromatic heterocycles. The van der Waals surface area contributed by atoms with E-state index in [1.54, 1.807) is 0 Å². The molecule has 0 spiro atoms. The van der Waals surface area contributed by atoms with Gasteiger partial charge >= 0.3 is 12.8 Å². The van der Waals surface area contributed by atoms with Crippen LogP contribution in [0.2, 0.25) is 15.1 Å². The highest BCUT2D eigenvalue weighted by Gasteiger charge is 2.33. The van der Waals surface area contributed by atoms with Gasteiger partial charge in [0.05, 0.1) is 15.1 Å². The number of alkyl halides is 5. The molecule has 23 heavy (non-hydrogen) atoms. The Hall–Kier alpha value is -1.31. The van der Waals surface area contributed by atoms with Crippen LogP contribution in [0.5, 0.6) is 5.88 Å². The number of pyridine rings is 1. The van der Waals surface area contributed by atoms with Crippen molar-refractivity contribution in [1.29, 1.82) is 0 Å². The summed E-state index contributed by atoms with van der Waals surface area (Å²) in [6.07, 6.45) is -4.81. The van der Waals surface area contributed by atoms with E-state index in [0.29, 0.717) is 6.07 Å². The molecule has 0 radical (unpaired) electrons. The van der Waals surface area contributed by atoms with E-state index in [2.05, 4.69) is 9.72 Å². The Morgan fingerprint density at radius 2 is 1.57 bits per heavy atom. The Morgan fingerprint density at radius 1 is 1.00 bits per heavy atom. The van der Waals surface area contributed by atoms with Gasteiger partial charge in [0.15, 0.2) is 0 Å². The van der Waals surface area contributed by atoms with Gasteiger partial charge in [-0.05, 0) is 29.8 Å². The molecule has 0 saturated carbocycles. The molecule has 2 aromatic rings. The van der Waals surface area contributed by atoms with Gasteiger partial charge in [-0.2, -0.15) is 22.0 Å². The summed E-state index contributed by atoms with van der Waals surface area (Å²) in [6.45, 7) is -3.36. The third-order valence-electron chi connectivity index (χ3n) is 2.65. The smallest absolute Gasteiger partial charge is 0.416 e. The van der Waals surface area contributed by atoms with E-state index in [-0.39, 0.29) is 26.2 Å². The van der Waals surface area contributed by atoms with Crippen LogP contribution in [0, 0.1) is 0 Å². The van der Waals surface area contributed by atoms with Crippen molar-refractivity contribution >= 4 is 34.8 Å². The van der Waals surface area contributed by atoms with Crippen LogP contribution in [0.25, 0.3) is 11.1 Å². The molecular formula is C13H5Cl3F5NO. The second kappa shape index (κ2) is 6.67. The van der Waals surface area contributed by atoms with Gasteiger partial charge in [-0.15, -0.1) is 0 Å². The number of hydrogen-bond acceptors (Lipinski definition) is 2. The molecule has 0 saturated heterocycles. The van der Waals surface area contributed by atoms with E-state index in [1.165, 1.54) is 12.1 Å². The molecule has 0 fully saturated rings. The number of hydrogen-bond donors (Lipinski definition) is 0. The number of nitrogens with zero attached hydrogens (tertiary/aromatic N) is 1. The Morgan fingerprint density at radius 3 is 2.04 bits per heavy atom. The van der Waals surface area contributed by atoms with Crippen LogP contribution in [0.4, 0.5) is 22.0 Å². The fourth-order valence-electron chi connectivity index (χ4n) is 1.70. The molecule has 1 heterocycles. The minimum Gasteiger partial charge on any atom is -0.416 e. The average Bonchev–Trinajstić information content (AvgIpc) is 2.42. The van der Waals surface area contributed by atoms with Crippen molar-refractivity contribution in [2.75, 3.05) is 0 Å². The molecule has 0 aliphatic heterocycles. The zero-order valence-electron chi connectivity index (χ0n) is 10.8. The first-order valence-corrected chi connectivity index (χ1v) is 6.91. The number of ether oxygens (including phenoxy) is 1. The van der Waals surface area contributed by atoms with Crippen molar-refractivity contribution in [1.82, 2.24) is 4.98 Å². The summed E-state index contributed by atoms with van der Waals surface area (Å²) < 4.78 is 66.9. The van der Waals surface area contributed by atoms with E-state index in [1.807, 2.05) is 0 Å². The van der Waals surface area contributed by atoms with Crippen molar-refractivity contribution in [2.24, 2.45) is 0 Å². The first-order valence-electron chi connectivity index (χ1n) is 5.77. The average molecular weight is 393 g/mol. The van der Waals surface area contributed by atoms with Crippen LogP contribution in [0.3, 0.4) is 0 Å². The SMILES string of the molecule is FC(F)Oc1nc(C(F)(F)F)ccc1-c1cc(Cl)c(Cl)c(Cl)c1. The van der Waals surface area contributed by atoms with Gasteiger partial charge in [0.1, 0.15) is 5.69 Å². The van der Waals surface area contributed by atoms with Crippen LogP contribution in [0.1, 0.15) is 5.69 Å². The van der Waals surface area contributed by atoms with Crippen molar-refractivity contribution < 1.29 is 26.7 Å². The summed E-state index contributed by atoms with van der Waals surface area (Å²) in [4.78, 5) is 3.10. The third kappa shape index (κ3) is 4.16. The Labute approximate surface area is 141 Å². The van der Waals surface area contributed by atoms with Crippen LogP contribution in [-0.2, 0) is 6.18 Å². The summed E-state index contributed by atoms with van der Waals surface area (Å²) in [7, 11) is 0. The second-order valence-corrected chi connectivity index (χ2v) is 5.37. The van der Waals surface area contributed by atoms with Crippen molar-refractivity contribution in [2.45, 2.75) is 12.8 Å². The molecule has 0 aliphatic rings. The predicted octanol–water partition coefficient (Wildman–Crippen LogP) is 6.33. The monoisotopic (exact) mass is 391 g/mol. The molecule has 124 valence electrons. The van der Waals surface area contributed by atoms with E-state index in [4.69, 9.17) is 34.8 Å². The lowest BCUT2D eigenvalue weighted by Gasteiger charge is -2.14. The van der Waals surface area contributed by atoms with Gasteiger partial charge in [-0.1, -0.05) is 34.8 Å². The Bertz CT molecular complexity index is 713. The number of aromatic nitrogens is 1. The van der Waals surface area contributed by atoms with Gasteiger partial charge in [-0.3, -0.25) is 0 Å². The minimum atomic E-state index is -4.81.